The van der Waals surface area contributed by atoms with E-state index in [4.69, 9.17) is 5.73 Å². The normalized spacial score (nSPS) is 28.0. The van der Waals surface area contributed by atoms with Crippen molar-refractivity contribution in [1.29, 1.82) is 0 Å². The van der Waals surface area contributed by atoms with Crippen molar-refractivity contribution < 1.29 is 9.90 Å². The van der Waals surface area contributed by atoms with Crippen molar-refractivity contribution in [3.05, 3.63) is 0 Å². The molecule has 1 aliphatic rings. The highest BCUT2D eigenvalue weighted by Crippen LogP contribution is 2.25. The van der Waals surface area contributed by atoms with Crippen LogP contribution in [0.1, 0.15) is 39.0 Å². The number of likely N-dealkylation sites (N-methyl/N-ethyl adjacent to an activating group) is 1. The molecule has 0 aromatic rings. The van der Waals surface area contributed by atoms with Gasteiger partial charge in [0.15, 0.2) is 0 Å². The minimum absolute atomic E-state index is 0.200. The molecule has 1 saturated carbocycles. The zero-order valence-corrected chi connectivity index (χ0v) is 10.4. The quantitative estimate of drug-likeness (QED) is 0.729. The molecule has 94 valence electrons. The Bertz CT molecular complexity index is 233. The van der Waals surface area contributed by atoms with Crippen LogP contribution < -0.4 is 5.73 Å². The van der Waals surface area contributed by atoms with E-state index < -0.39 is 0 Å². The van der Waals surface area contributed by atoms with Gasteiger partial charge >= 0.3 is 0 Å². The zero-order chi connectivity index (χ0) is 12.1. The minimum atomic E-state index is -0.268. The molecule has 3 atom stereocenters. The van der Waals surface area contributed by atoms with Crippen LogP contribution in [0, 0.1) is 5.92 Å². The summed E-state index contributed by atoms with van der Waals surface area (Å²) in [7, 11) is 1.92. The van der Waals surface area contributed by atoms with E-state index in [0.717, 1.165) is 32.2 Å². The van der Waals surface area contributed by atoms with Gasteiger partial charge in [-0.1, -0.05) is 19.8 Å². The monoisotopic (exact) mass is 228 g/mol. The Morgan fingerprint density at radius 2 is 2.12 bits per heavy atom. The number of primary amides is 1. The van der Waals surface area contributed by atoms with Gasteiger partial charge in [-0.3, -0.25) is 9.69 Å². The maximum atomic E-state index is 11.2. The first-order valence-electron chi connectivity index (χ1n) is 6.23. The SMILES string of the molecule is CC[C@H](C(N)=O)N(C)C[C@@H]1CCCC[C@@H]1O. The third-order valence-corrected chi connectivity index (χ3v) is 3.64. The molecule has 0 heterocycles. The van der Waals surface area contributed by atoms with Crippen LogP contribution in [0.4, 0.5) is 0 Å². The van der Waals surface area contributed by atoms with Gasteiger partial charge < -0.3 is 10.8 Å². The largest absolute Gasteiger partial charge is 0.393 e. The van der Waals surface area contributed by atoms with Crippen molar-refractivity contribution in [1.82, 2.24) is 4.90 Å². The number of rotatable bonds is 5. The summed E-state index contributed by atoms with van der Waals surface area (Å²) in [6, 6.07) is -0.200. The van der Waals surface area contributed by atoms with Gasteiger partial charge in [0.05, 0.1) is 12.1 Å². The molecule has 0 unspecified atom stereocenters. The van der Waals surface area contributed by atoms with Gasteiger partial charge in [-0.25, -0.2) is 0 Å². The van der Waals surface area contributed by atoms with Gasteiger partial charge in [0.2, 0.25) is 5.91 Å². The predicted octanol–water partition coefficient (Wildman–Crippen LogP) is 0.733. The fraction of sp³-hybridized carbons (Fsp3) is 0.917. The van der Waals surface area contributed by atoms with Crippen molar-refractivity contribution in [2.24, 2.45) is 11.7 Å². The molecular formula is C12H24N2O2. The molecule has 1 amide bonds. The molecule has 0 radical (unpaired) electrons. The second-order valence-corrected chi connectivity index (χ2v) is 4.88. The Morgan fingerprint density at radius 1 is 1.50 bits per heavy atom. The van der Waals surface area contributed by atoms with E-state index >= 15 is 0 Å². The summed E-state index contributed by atoms with van der Waals surface area (Å²) in [5.41, 5.74) is 5.34. The maximum Gasteiger partial charge on any atom is 0.234 e. The van der Waals surface area contributed by atoms with Crippen LogP contribution in [0.5, 0.6) is 0 Å². The van der Waals surface area contributed by atoms with Crippen LogP contribution in [0.3, 0.4) is 0 Å². The lowest BCUT2D eigenvalue weighted by Crippen LogP contribution is -2.46. The van der Waals surface area contributed by atoms with E-state index in [2.05, 4.69) is 0 Å². The smallest absolute Gasteiger partial charge is 0.234 e. The Kier molecular flexibility index (Phi) is 5.22. The van der Waals surface area contributed by atoms with E-state index in [9.17, 15) is 9.90 Å². The zero-order valence-electron chi connectivity index (χ0n) is 10.4. The van der Waals surface area contributed by atoms with Gasteiger partial charge in [0.25, 0.3) is 0 Å². The lowest BCUT2D eigenvalue weighted by Gasteiger charge is -2.33. The van der Waals surface area contributed by atoms with Gasteiger partial charge in [-0.05, 0) is 32.2 Å². The summed E-state index contributed by atoms with van der Waals surface area (Å²) < 4.78 is 0. The summed E-state index contributed by atoms with van der Waals surface area (Å²) in [4.78, 5) is 13.2. The maximum absolute atomic E-state index is 11.2. The molecule has 0 bridgehead atoms. The van der Waals surface area contributed by atoms with Gasteiger partial charge in [0, 0.05) is 6.54 Å². The number of hydrogen-bond acceptors (Lipinski definition) is 3. The number of aliphatic hydroxyl groups is 1. The van der Waals surface area contributed by atoms with Crippen molar-refractivity contribution >= 4 is 5.91 Å². The number of carbonyl (C=O) groups excluding carboxylic acids is 1. The van der Waals surface area contributed by atoms with Crippen molar-refractivity contribution in [3.8, 4) is 0 Å². The van der Waals surface area contributed by atoms with Gasteiger partial charge in [0.1, 0.15) is 0 Å². The topological polar surface area (TPSA) is 66.6 Å². The van der Waals surface area contributed by atoms with Crippen molar-refractivity contribution in [2.45, 2.75) is 51.2 Å². The molecule has 3 N–H and O–H groups in total. The number of nitrogens with two attached hydrogens (primary N) is 1. The lowest BCUT2D eigenvalue weighted by molar-refractivity contribution is -0.123. The van der Waals surface area contributed by atoms with Crippen LogP contribution in [-0.2, 0) is 4.79 Å². The average molecular weight is 228 g/mol. The molecule has 1 rings (SSSR count). The molecule has 0 aromatic heterocycles. The molecule has 0 aromatic carbocycles. The third kappa shape index (κ3) is 3.46. The molecule has 0 saturated heterocycles. The summed E-state index contributed by atoms with van der Waals surface area (Å²) in [6.45, 7) is 2.73. The summed E-state index contributed by atoms with van der Waals surface area (Å²) in [5.74, 6) is 0.0300. The van der Waals surface area contributed by atoms with Crippen molar-refractivity contribution in [3.63, 3.8) is 0 Å². The Labute approximate surface area is 97.8 Å². The number of aliphatic hydroxyl groups excluding tert-OH is 1. The Hall–Kier alpha value is -0.610. The van der Waals surface area contributed by atoms with Crippen LogP contribution in [-0.4, -0.2) is 41.7 Å². The van der Waals surface area contributed by atoms with E-state index in [1.165, 1.54) is 6.42 Å². The fourth-order valence-corrected chi connectivity index (χ4v) is 2.63. The van der Waals surface area contributed by atoms with E-state index in [-0.39, 0.29) is 18.1 Å². The molecule has 0 spiro atoms. The third-order valence-electron chi connectivity index (χ3n) is 3.64. The molecule has 4 heteroatoms. The summed E-state index contributed by atoms with van der Waals surface area (Å²) in [5, 5.41) is 9.87. The van der Waals surface area contributed by atoms with E-state index in [1.54, 1.807) is 0 Å². The number of nitrogens with zero attached hydrogens (tertiary/aromatic N) is 1. The Balaban J connectivity index is 2.48. The molecule has 1 fully saturated rings. The van der Waals surface area contributed by atoms with Crippen LogP contribution in [0.2, 0.25) is 0 Å². The summed E-state index contributed by atoms with van der Waals surface area (Å²) >= 11 is 0. The molecular weight excluding hydrogens is 204 g/mol. The van der Waals surface area contributed by atoms with Crippen LogP contribution in [0.25, 0.3) is 0 Å². The second kappa shape index (κ2) is 6.21. The number of carbonyl (C=O) groups is 1. The van der Waals surface area contributed by atoms with Gasteiger partial charge in [-0.2, -0.15) is 0 Å². The fourth-order valence-electron chi connectivity index (χ4n) is 2.63. The number of hydrogen-bond donors (Lipinski definition) is 2. The van der Waals surface area contributed by atoms with Crippen LogP contribution >= 0.6 is 0 Å². The lowest BCUT2D eigenvalue weighted by atomic mass is 9.86. The minimum Gasteiger partial charge on any atom is -0.393 e. The first-order chi connectivity index (χ1) is 7.56. The standard InChI is InChI=1S/C12H24N2O2/c1-3-10(12(13)16)14(2)8-9-6-4-5-7-11(9)15/h9-11,15H,3-8H2,1-2H3,(H2,13,16)/t9-,10+,11-/m0/s1. The second-order valence-electron chi connectivity index (χ2n) is 4.88. The molecule has 0 aliphatic heterocycles. The van der Waals surface area contributed by atoms with Gasteiger partial charge in [-0.15, -0.1) is 0 Å². The molecule has 4 nitrogen and oxygen atoms in total. The first kappa shape index (κ1) is 13.5. The highest BCUT2D eigenvalue weighted by molar-refractivity contribution is 5.79. The Morgan fingerprint density at radius 3 is 2.62 bits per heavy atom. The first-order valence-corrected chi connectivity index (χ1v) is 6.23. The highest BCUT2D eigenvalue weighted by Gasteiger charge is 2.27. The van der Waals surface area contributed by atoms with E-state index in [1.807, 2.05) is 18.9 Å². The molecule has 1 aliphatic carbocycles. The highest BCUT2D eigenvalue weighted by atomic mass is 16.3. The number of amides is 1. The molecule has 16 heavy (non-hydrogen) atoms. The van der Waals surface area contributed by atoms with Crippen molar-refractivity contribution in [2.75, 3.05) is 13.6 Å². The van der Waals surface area contributed by atoms with E-state index in [0.29, 0.717) is 5.92 Å². The predicted molar refractivity (Wildman–Crippen MR) is 63.9 cm³/mol. The van der Waals surface area contributed by atoms with Crippen LogP contribution in [0.15, 0.2) is 0 Å². The average Bonchev–Trinajstić information content (AvgIpc) is 2.22. The summed E-state index contributed by atoms with van der Waals surface area (Å²) in [6.07, 6.45) is 4.78.